The molecule has 0 saturated heterocycles. The normalized spacial score (nSPS) is 20.3. The third-order valence-corrected chi connectivity index (χ3v) is 3.18. The first-order valence-electron chi connectivity index (χ1n) is 5.81. The van der Waals surface area contributed by atoms with Gasteiger partial charge in [0.2, 0.25) is 0 Å². The first-order valence-corrected chi connectivity index (χ1v) is 5.81. The summed E-state index contributed by atoms with van der Waals surface area (Å²) in [5, 5.41) is 3.20. The van der Waals surface area contributed by atoms with Gasteiger partial charge in [-0.3, -0.25) is 0 Å². The van der Waals surface area contributed by atoms with Crippen LogP contribution in [0.5, 0.6) is 5.75 Å². The molecule has 2 unspecified atom stereocenters. The van der Waals surface area contributed by atoms with E-state index < -0.39 is 0 Å². The van der Waals surface area contributed by atoms with Crippen molar-refractivity contribution in [2.45, 2.75) is 38.3 Å². The lowest BCUT2D eigenvalue weighted by atomic mass is 10.0. The zero-order valence-corrected chi connectivity index (χ0v) is 9.79. The van der Waals surface area contributed by atoms with Crippen LogP contribution in [-0.2, 0) is 6.42 Å². The molecule has 0 bridgehead atoms. The van der Waals surface area contributed by atoms with Crippen LogP contribution in [0.3, 0.4) is 0 Å². The van der Waals surface area contributed by atoms with Crippen molar-refractivity contribution in [1.29, 1.82) is 0 Å². The summed E-state index contributed by atoms with van der Waals surface area (Å²) in [6.07, 6.45) is 3.15. The summed E-state index contributed by atoms with van der Waals surface area (Å²) in [5.41, 5.74) is 1.00. The van der Waals surface area contributed by atoms with Crippen LogP contribution in [0.4, 0.5) is 4.39 Å². The van der Waals surface area contributed by atoms with E-state index in [4.69, 9.17) is 4.74 Å². The molecule has 0 radical (unpaired) electrons. The van der Waals surface area contributed by atoms with E-state index in [-0.39, 0.29) is 11.9 Å². The predicted octanol–water partition coefficient (Wildman–Crippen LogP) is 2.52. The molecule has 0 aliphatic carbocycles. The molecule has 2 nitrogen and oxygen atoms in total. The Morgan fingerprint density at radius 2 is 2.38 bits per heavy atom. The second-order valence-corrected chi connectivity index (χ2v) is 4.46. The van der Waals surface area contributed by atoms with Crippen molar-refractivity contribution in [2.75, 3.05) is 7.05 Å². The highest BCUT2D eigenvalue weighted by molar-refractivity contribution is 5.37. The number of rotatable bonds is 4. The number of fused-ring (bicyclic) bond motifs is 1. The Balaban J connectivity index is 1.90. The maximum Gasteiger partial charge on any atom is 0.123 e. The average Bonchev–Trinajstić information content (AvgIpc) is 2.67. The molecule has 1 aromatic carbocycles. The van der Waals surface area contributed by atoms with E-state index in [1.165, 1.54) is 6.07 Å². The van der Waals surface area contributed by atoms with Crippen LogP contribution in [0.15, 0.2) is 18.2 Å². The van der Waals surface area contributed by atoms with Crippen molar-refractivity contribution in [3.8, 4) is 5.75 Å². The first-order chi connectivity index (χ1) is 7.69. The molecule has 16 heavy (non-hydrogen) atoms. The van der Waals surface area contributed by atoms with Gasteiger partial charge in [-0.1, -0.05) is 0 Å². The molecular weight excluding hydrogens is 205 g/mol. The summed E-state index contributed by atoms with van der Waals surface area (Å²) in [6, 6.07) is 5.27. The molecule has 1 aliphatic rings. The van der Waals surface area contributed by atoms with Gasteiger partial charge in [-0.15, -0.1) is 0 Å². The van der Waals surface area contributed by atoms with Crippen LogP contribution in [0.1, 0.15) is 25.3 Å². The average molecular weight is 223 g/mol. The number of nitrogens with one attached hydrogen (secondary N) is 1. The quantitative estimate of drug-likeness (QED) is 0.847. The summed E-state index contributed by atoms with van der Waals surface area (Å²) < 4.78 is 18.8. The van der Waals surface area contributed by atoms with E-state index >= 15 is 0 Å². The highest BCUT2D eigenvalue weighted by Crippen LogP contribution is 2.30. The molecule has 0 spiro atoms. The Labute approximate surface area is 95.8 Å². The van der Waals surface area contributed by atoms with Crippen LogP contribution in [0.2, 0.25) is 0 Å². The van der Waals surface area contributed by atoms with Gasteiger partial charge in [0.25, 0.3) is 0 Å². The van der Waals surface area contributed by atoms with Crippen molar-refractivity contribution >= 4 is 0 Å². The third-order valence-electron chi connectivity index (χ3n) is 3.18. The largest absolute Gasteiger partial charge is 0.490 e. The Hall–Kier alpha value is -1.09. The molecule has 88 valence electrons. The van der Waals surface area contributed by atoms with Crippen molar-refractivity contribution in [2.24, 2.45) is 0 Å². The Morgan fingerprint density at radius 3 is 3.12 bits per heavy atom. The van der Waals surface area contributed by atoms with Crippen molar-refractivity contribution in [3.63, 3.8) is 0 Å². The molecule has 1 aromatic rings. The van der Waals surface area contributed by atoms with Gasteiger partial charge in [-0.2, -0.15) is 0 Å². The van der Waals surface area contributed by atoms with E-state index in [2.05, 4.69) is 12.2 Å². The molecule has 0 saturated carbocycles. The van der Waals surface area contributed by atoms with E-state index in [0.29, 0.717) is 6.04 Å². The summed E-state index contributed by atoms with van der Waals surface area (Å²) >= 11 is 0. The monoisotopic (exact) mass is 223 g/mol. The summed E-state index contributed by atoms with van der Waals surface area (Å²) in [4.78, 5) is 0. The predicted molar refractivity (Wildman–Crippen MR) is 62.3 cm³/mol. The fraction of sp³-hybridized carbons (Fsp3) is 0.538. The van der Waals surface area contributed by atoms with Gasteiger partial charge >= 0.3 is 0 Å². The zero-order chi connectivity index (χ0) is 11.5. The van der Waals surface area contributed by atoms with Gasteiger partial charge in [0.05, 0.1) is 0 Å². The minimum Gasteiger partial charge on any atom is -0.490 e. The SMILES string of the molecule is CNC(C)CCC1Cc2cc(F)ccc2O1. The molecule has 0 amide bonds. The van der Waals surface area contributed by atoms with Crippen LogP contribution < -0.4 is 10.1 Å². The van der Waals surface area contributed by atoms with Crippen molar-refractivity contribution in [3.05, 3.63) is 29.6 Å². The number of hydrogen-bond acceptors (Lipinski definition) is 2. The zero-order valence-electron chi connectivity index (χ0n) is 9.79. The van der Waals surface area contributed by atoms with Gasteiger partial charge in [-0.05, 0) is 45.0 Å². The second kappa shape index (κ2) is 4.83. The molecule has 1 heterocycles. The Morgan fingerprint density at radius 1 is 1.56 bits per heavy atom. The van der Waals surface area contributed by atoms with Crippen molar-refractivity contribution < 1.29 is 9.13 Å². The van der Waals surface area contributed by atoms with Crippen LogP contribution in [0.25, 0.3) is 0 Å². The lowest BCUT2D eigenvalue weighted by Crippen LogP contribution is -2.24. The van der Waals surface area contributed by atoms with E-state index in [1.807, 2.05) is 7.05 Å². The fourth-order valence-electron chi connectivity index (χ4n) is 2.03. The third kappa shape index (κ3) is 2.53. The van der Waals surface area contributed by atoms with Crippen LogP contribution >= 0.6 is 0 Å². The number of ether oxygens (including phenoxy) is 1. The topological polar surface area (TPSA) is 21.3 Å². The van der Waals surface area contributed by atoms with Gasteiger partial charge in [0.15, 0.2) is 0 Å². The van der Waals surface area contributed by atoms with E-state index in [0.717, 1.165) is 30.6 Å². The Kier molecular flexibility index (Phi) is 3.44. The summed E-state index contributed by atoms with van der Waals surface area (Å²) in [6.45, 7) is 2.15. The van der Waals surface area contributed by atoms with Gasteiger partial charge in [0, 0.05) is 18.0 Å². The maximum atomic E-state index is 13.0. The molecule has 1 N–H and O–H groups in total. The molecule has 2 rings (SSSR count). The minimum absolute atomic E-state index is 0.174. The molecule has 2 atom stereocenters. The lowest BCUT2D eigenvalue weighted by molar-refractivity contribution is 0.213. The molecule has 0 aromatic heterocycles. The van der Waals surface area contributed by atoms with Crippen molar-refractivity contribution in [1.82, 2.24) is 5.32 Å². The second-order valence-electron chi connectivity index (χ2n) is 4.46. The van der Waals surface area contributed by atoms with Gasteiger partial charge < -0.3 is 10.1 Å². The summed E-state index contributed by atoms with van der Waals surface area (Å²) in [7, 11) is 1.96. The molecule has 3 heteroatoms. The van der Waals surface area contributed by atoms with Gasteiger partial charge in [0.1, 0.15) is 17.7 Å². The molecule has 0 fully saturated rings. The van der Waals surface area contributed by atoms with E-state index in [1.54, 1.807) is 12.1 Å². The minimum atomic E-state index is -0.174. The number of benzene rings is 1. The summed E-state index contributed by atoms with van der Waals surface area (Å²) in [5.74, 6) is 0.676. The first kappa shape index (κ1) is 11.4. The highest BCUT2D eigenvalue weighted by Gasteiger charge is 2.23. The Bertz CT molecular complexity index is 367. The van der Waals surface area contributed by atoms with Gasteiger partial charge in [-0.25, -0.2) is 4.39 Å². The molecule has 1 aliphatic heterocycles. The lowest BCUT2D eigenvalue weighted by Gasteiger charge is -2.14. The molecular formula is C13H18FNO. The van der Waals surface area contributed by atoms with Crippen LogP contribution in [-0.4, -0.2) is 19.2 Å². The maximum absolute atomic E-state index is 13.0. The number of halogens is 1. The smallest absolute Gasteiger partial charge is 0.123 e. The fourth-order valence-corrected chi connectivity index (χ4v) is 2.03. The van der Waals surface area contributed by atoms with Crippen LogP contribution in [0, 0.1) is 5.82 Å². The van der Waals surface area contributed by atoms with E-state index in [9.17, 15) is 4.39 Å². The number of hydrogen-bond donors (Lipinski definition) is 1. The standard InChI is InChI=1S/C13H18FNO/c1-9(15-2)3-5-12-8-10-7-11(14)4-6-13(10)16-12/h4,6-7,9,12,15H,3,5,8H2,1-2H3. The highest BCUT2D eigenvalue weighted by atomic mass is 19.1.